The van der Waals surface area contributed by atoms with E-state index in [4.69, 9.17) is 0 Å². The van der Waals surface area contributed by atoms with Crippen LogP contribution in [0.4, 0.5) is 17.2 Å². The Morgan fingerprint density at radius 2 is 2.17 bits per heavy atom. The third-order valence-corrected chi connectivity index (χ3v) is 3.17. The van der Waals surface area contributed by atoms with Gasteiger partial charge in [-0.2, -0.15) is 5.10 Å². The SMILES string of the molecule is CC(=O)N1Cc2cnn(C)c2Nc2ccccc21. The number of rotatable bonds is 0. The largest absolute Gasteiger partial charge is 0.338 e. The van der Waals surface area contributed by atoms with Crippen molar-refractivity contribution in [2.45, 2.75) is 13.5 Å². The summed E-state index contributed by atoms with van der Waals surface area (Å²) < 4.78 is 1.79. The third-order valence-electron chi connectivity index (χ3n) is 3.17. The van der Waals surface area contributed by atoms with E-state index < -0.39 is 0 Å². The molecule has 18 heavy (non-hydrogen) atoms. The van der Waals surface area contributed by atoms with Crippen LogP contribution < -0.4 is 10.2 Å². The molecule has 0 saturated heterocycles. The van der Waals surface area contributed by atoms with Crippen molar-refractivity contribution in [3.63, 3.8) is 0 Å². The maximum atomic E-state index is 11.8. The van der Waals surface area contributed by atoms with Gasteiger partial charge in [-0.1, -0.05) is 12.1 Å². The Balaban J connectivity index is 2.18. The Morgan fingerprint density at radius 1 is 1.39 bits per heavy atom. The highest BCUT2D eigenvalue weighted by Crippen LogP contribution is 2.35. The zero-order chi connectivity index (χ0) is 12.7. The number of hydrogen-bond donors (Lipinski definition) is 1. The molecule has 1 aromatic heterocycles. The van der Waals surface area contributed by atoms with Crippen LogP contribution in [-0.4, -0.2) is 15.7 Å². The standard InChI is InChI=1S/C13H14N4O/c1-9(18)17-8-10-7-14-16(2)13(10)15-11-5-3-4-6-12(11)17/h3-7,15H,8H2,1-2H3. The van der Waals surface area contributed by atoms with Gasteiger partial charge >= 0.3 is 0 Å². The summed E-state index contributed by atoms with van der Waals surface area (Å²) in [5, 5.41) is 7.57. The van der Waals surface area contributed by atoms with Crippen LogP contribution in [0.25, 0.3) is 0 Å². The fourth-order valence-electron chi connectivity index (χ4n) is 2.24. The van der Waals surface area contributed by atoms with E-state index in [-0.39, 0.29) is 5.91 Å². The van der Waals surface area contributed by atoms with Crippen LogP contribution in [0.15, 0.2) is 30.5 Å². The van der Waals surface area contributed by atoms with E-state index in [9.17, 15) is 4.79 Å². The lowest BCUT2D eigenvalue weighted by atomic mass is 10.2. The van der Waals surface area contributed by atoms with Crippen LogP contribution in [0.1, 0.15) is 12.5 Å². The normalized spacial score (nSPS) is 13.3. The van der Waals surface area contributed by atoms with Gasteiger partial charge in [0.15, 0.2) is 0 Å². The van der Waals surface area contributed by atoms with E-state index in [2.05, 4.69) is 10.4 Å². The Morgan fingerprint density at radius 3 is 2.94 bits per heavy atom. The lowest BCUT2D eigenvalue weighted by Gasteiger charge is -2.20. The maximum absolute atomic E-state index is 11.8. The number of aromatic nitrogens is 2. The van der Waals surface area contributed by atoms with Gasteiger partial charge in [-0.15, -0.1) is 0 Å². The predicted molar refractivity (Wildman–Crippen MR) is 69.8 cm³/mol. The van der Waals surface area contributed by atoms with E-state index in [0.29, 0.717) is 6.54 Å². The fraction of sp³-hybridized carbons (Fsp3) is 0.231. The number of nitrogens with one attached hydrogen (secondary N) is 1. The molecule has 92 valence electrons. The first kappa shape index (κ1) is 10.8. The molecule has 0 atom stereocenters. The smallest absolute Gasteiger partial charge is 0.224 e. The highest BCUT2D eigenvalue weighted by Gasteiger charge is 2.23. The van der Waals surface area contributed by atoms with E-state index in [1.54, 1.807) is 22.7 Å². The maximum Gasteiger partial charge on any atom is 0.224 e. The van der Waals surface area contributed by atoms with Crippen molar-refractivity contribution in [3.8, 4) is 0 Å². The van der Waals surface area contributed by atoms with Crippen molar-refractivity contribution < 1.29 is 4.79 Å². The third kappa shape index (κ3) is 1.55. The molecule has 2 aromatic rings. The van der Waals surface area contributed by atoms with E-state index in [1.807, 2.05) is 31.3 Å². The lowest BCUT2D eigenvalue weighted by Crippen LogP contribution is -2.27. The van der Waals surface area contributed by atoms with Crippen molar-refractivity contribution in [1.82, 2.24) is 9.78 Å². The minimum Gasteiger partial charge on any atom is -0.338 e. The number of para-hydroxylation sites is 2. The molecule has 0 fully saturated rings. The molecule has 1 aliphatic rings. The van der Waals surface area contributed by atoms with Gasteiger partial charge in [-0.05, 0) is 12.1 Å². The summed E-state index contributed by atoms with van der Waals surface area (Å²) in [5.74, 6) is 0.965. The zero-order valence-electron chi connectivity index (χ0n) is 10.3. The number of aryl methyl sites for hydroxylation is 1. The Kier molecular flexibility index (Phi) is 2.33. The van der Waals surface area contributed by atoms with E-state index in [1.165, 1.54) is 0 Å². The van der Waals surface area contributed by atoms with Crippen molar-refractivity contribution in [2.24, 2.45) is 7.05 Å². The Bertz CT molecular complexity index is 617. The molecule has 0 bridgehead atoms. The summed E-state index contributed by atoms with van der Waals surface area (Å²) in [6.45, 7) is 2.13. The molecule has 0 saturated carbocycles. The van der Waals surface area contributed by atoms with Gasteiger partial charge in [0, 0.05) is 19.5 Å². The number of amides is 1. The molecule has 0 unspecified atom stereocenters. The first-order chi connectivity index (χ1) is 8.66. The number of nitrogens with zero attached hydrogens (tertiary/aromatic N) is 3. The lowest BCUT2D eigenvalue weighted by molar-refractivity contribution is -0.116. The van der Waals surface area contributed by atoms with Crippen LogP contribution in [-0.2, 0) is 18.4 Å². The van der Waals surface area contributed by atoms with Crippen LogP contribution in [0.2, 0.25) is 0 Å². The van der Waals surface area contributed by atoms with Crippen LogP contribution >= 0.6 is 0 Å². The number of hydrogen-bond acceptors (Lipinski definition) is 3. The second-order valence-corrected chi connectivity index (χ2v) is 4.39. The molecule has 2 heterocycles. The average molecular weight is 242 g/mol. The molecule has 0 spiro atoms. The van der Waals surface area contributed by atoms with Crippen LogP contribution in [0.3, 0.4) is 0 Å². The molecule has 1 aliphatic heterocycles. The Labute approximate surface area is 105 Å². The molecule has 5 heteroatoms. The topological polar surface area (TPSA) is 50.2 Å². The first-order valence-corrected chi connectivity index (χ1v) is 5.82. The van der Waals surface area contributed by atoms with E-state index >= 15 is 0 Å². The zero-order valence-corrected chi connectivity index (χ0v) is 10.3. The highest BCUT2D eigenvalue weighted by atomic mass is 16.2. The van der Waals surface area contributed by atoms with Crippen LogP contribution in [0.5, 0.6) is 0 Å². The van der Waals surface area contributed by atoms with Gasteiger partial charge in [0.25, 0.3) is 0 Å². The van der Waals surface area contributed by atoms with E-state index in [0.717, 1.165) is 22.8 Å². The average Bonchev–Trinajstić information content (AvgIpc) is 2.61. The quantitative estimate of drug-likeness (QED) is 0.769. The molecule has 5 nitrogen and oxygen atoms in total. The summed E-state index contributed by atoms with van der Waals surface area (Å²) in [6.07, 6.45) is 1.80. The summed E-state index contributed by atoms with van der Waals surface area (Å²) in [5.41, 5.74) is 2.85. The van der Waals surface area contributed by atoms with Crippen molar-refractivity contribution in [3.05, 3.63) is 36.0 Å². The van der Waals surface area contributed by atoms with Crippen molar-refractivity contribution in [1.29, 1.82) is 0 Å². The Hall–Kier alpha value is -2.30. The number of fused-ring (bicyclic) bond motifs is 2. The minimum absolute atomic E-state index is 0.0287. The molecule has 1 aromatic carbocycles. The number of carbonyl (C=O) groups is 1. The second-order valence-electron chi connectivity index (χ2n) is 4.39. The molecule has 3 rings (SSSR count). The molecule has 1 amide bonds. The molecule has 1 N–H and O–H groups in total. The fourth-order valence-corrected chi connectivity index (χ4v) is 2.24. The summed E-state index contributed by atoms with van der Waals surface area (Å²) >= 11 is 0. The van der Waals surface area contributed by atoms with Gasteiger partial charge in [0.05, 0.1) is 24.1 Å². The van der Waals surface area contributed by atoms with Gasteiger partial charge in [0.2, 0.25) is 5.91 Å². The number of benzene rings is 1. The summed E-state index contributed by atoms with van der Waals surface area (Å²) in [4.78, 5) is 13.6. The van der Waals surface area contributed by atoms with Crippen molar-refractivity contribution in [2.75, 3.05) is 10.2 Å². The predicted octanol–water partition coefficient (Wildman–Crippen LogP) is 2.03. The van der Waals surface area contributed by atoms with Crippen LogP contribution in [0, 0.1) is 0 Å². The van der Waals surface area contributed by atoms with Gasteiger partial charge in [-0.3, -0.25) is 9.48 Å². The van der Waals surface area contributed by atoms with Gasteiger partial charge in [-0.25, -0.2) is 0 Å². The first-order valence-electron chi connectivity index (χ1n) is 5.82. The molecular weight excluding hydrogens is 228 g/mol. The number of anilines is 3. The molecule has 0 aliphatic carbocycles. The van der Waals surface area contributed by atoms with Gasteiger partial charge < -0.3 is 10.2 Å². The van der Waals surface area contributed by atoms with Crippen molar-refractivity contribution >= 4 is 23.1 Å². The molecular formula is C13H14N4O. The highest BCUT2D eigenvalue weighted by molar-refractivity contribution is 5.96. The second kappa shape index (κ2) is 3.87. The summed E-state index contributed by atoms with van der Waals surface area (Å²) in [7, 11) is 1.89. The number of carbonyl (C=O) groups excluding carboxylic acids is 1. The minimum atomic E-state index is 0.0287. The molecule has 0 radical (unpaired) electrons. The monoisotopic (exact) mass is 242 g/mol. The van der Waals surface area contributed by atoms with Gasteiger partial charge in [0.1, 0.15) is 5.82 Å². The summed E-state index contributed by atoms with van der Waals surface area (Å²) in [6, 6.07) is 7.80.